The number of para-hydroxylation sites is 2. The number of nitrogens with zero attached hydrogens (tertiary/aromatic N) is 2. The van der Waals surface area contributed by atoms with Crippen molar-refractivity contribution in [1.29, 1.82) is 0 Å². The van der Waals surface area contributed by atoms with Gasteiger partial charge in [-0.25, -0.2) is 0 Å². The van der Waals surface area contributed by atoms with Crippen molar-refractivity contribution in [2.45, 2.75) is 0 Å². The second kappa shape index (κ2) is 16.8. The zero-order chi connectivity index (χ0) is 45.7. The molecule has 0 aliphatic rings. The van der Waals surface area contributed by atoms with E-state index in [9.17, 15) is 0 Å². The summed E-state index contributed by atoms with van der Waals surface area (Å²) in [4.78, 5) is 0. The standard InChI is InChI=1S/C66H46N2Si/c1-6-20-47(21-7-1)48-34-38-52(39-35-48)67-62-32-18-16-30-58(62)60-44-50(36-42-64(60)67)51-37-43-65-61(45-51)59-31-17-19-33-63(59)68(65)66-46-56(40-41-57(66)49-22-8-2-9-23-49)69(53-24-10-3-11-25-53,54-26-12-4-13-27-54)55-28-14-5-15-29-55/h1-46H. The van der Waals surface area contributed by atoms with E-state index in [1.807, 2.05) is 0 Å². The minimum Gasteiger partial charge on any atom is -0.309 e. The van der Waals surface area contributed by atoms with Gasteiger partial charge in [0.05, 0.1) is 27.8 Å². The molecular formula is C66H46N2Si. The molecular weight excluding hydrogens is 849 g/mol. The minimum atomic E-state index is -2.85. The molecule has 0 aliphatic heterocycles. The molecule has 0 fully saturated rings. The van der Waals surface area contributed by atoms with Gasteiger partial charge in [0.1, 0.15) is 0 Å². The lowest BCUT2D eigenvalue weighted by Crippen LogP contribution is -2.74. The number of aromatic nitrogens is 2. The summed E-state index contributed by atoms with van der Waals surface area (Å²) in [6.07, 6.45) is 0. The molecule has 2 nitrogen and oxygen atoms in total. The Labute approximate surface area is 403 Å². The summed E-state index contributed by atoms with van der Waals surface area (Å²) in [5.74, 6) is 0. The zero-order valence-electron chi connectivity index (χ0n) is 38.0. The first-order chi connectivity index (χ1) is 34.2. The van der Waals surface area contributed by atoms with E-state index in [1.165, 1.54) is 103 Å². The molecule has 11 aromatic carbocycles. The lowest BCUT2D eigenvalue weighted by atomic mass is 10.0. The van der Waals surface area contributed by atoms with Crippen molar-refractivity contribution in [2.75, 3.05) is 0 Å². The van der Waals surface area contributed by atoms with Crippen LogP contribution in [0.25, 0.3) is 88.4 Å². The predicted molar refractivity (Wildman–Crippen MR) is 295 cm³/mol. The molecule has 0 unspecified atom stereocenters. The van der Waals surface area contributed by atoms with E-state index in [0.717, 1.165) is 5.69 Å². The summed E-state index contributed by atoms with van der Waals surface area (Å²) in [6.45, 7) is 0. The van der Waals surface area contributed by atoms with Gasteiger partial charge in [-0.3, -0.25) is 0 Å². The Morgan fingerprint density at radius 1 is 0.232 bits per heavy atom. The van der Waals surface area contributed by atoms with Gasteiger partial charge in [-0.2, -0.15) is 0 Å². The molecule has 0 radical (unpaired) electrons. The lowest BCUT2D eigenvalue weighted by Gasteiger charge is -2.35. The van der Waals surface area contributed by atoms with Crippen molar-refractivity contribution < 1.29 is 0 Å². The van der Waals surface area contributed by atoms with E-state index in [1.54, 1.807) is 0 Å². The van der Waals surface area contributed by atoms with Crippen LogP contribution in [0.5, 0.6) is 0 Å². The largest absolute Gasteiger partial charge is 0.309 e. The van der Waals surface area contributed by atoms with Crippen molar-refractivity contribution in [1.82, 2.24) is 9.13 Å². The van der Waals surface area contributed by atoms with Crippen molar-refractivity contribution in [3.05, 3.63) is 279 Å². The summed E-state index contributed by atoms with van der Waals surface area (Å²) < 4.78 is 4.93. The van der Waals surface area contributed by atoms with E-state index < -0.39 is 8.07 Å². The van der Waals surface area contributed by atoms with E-state index in [-0.39, 0.29) is 0 Å². The number of hydrogen-bond acceptors (Lipinski definition) is 0. The first-order valence-electron chi connectivity index (χ1n) is 23.8. The monoisotopic (exact) mass is 894 g/mol. The third-order valence-corrected chi connectivity index (χ3v) is 19.1. The van der Waals surface area contributed by atoms with Crippen molar-refractivity contribution in [2.24, 2.45) is 0 Å². The van der Waals surface area contributed by atoms with Crippen LogP contribution < -0.4 is 20.7 Å². The van der Waals surface area contributed by atoms with Crippen LogP contribution in [-0.2, 0) is 0 Å². The molecule has 13 rings (SSSR count). The highest BCUT2D eigenvalue weighted by Gasteiger charge is 2.42. The Bertz CT molecular complexity index is 3870. The fourth-order valence-corrected chi connectivity index (χ4v) is 15.9. The van der Waals surface area contributed by atoms with E-state index in [0.29, 0.717) is 0 Å². The van der Waals surface area contributed by atoms with E-state index in [4.69, 9.17) is 0 Å². The van der Waals surface area contributed by atoms with Gasteiger partial charge < -0.3 is 9.13 Å². The Morgan fingerprint density at radius 3 is 1.14 bits per heavy atom. The van der Waals surface area contributed by atoms with Gasteiger partial charge in [0.2, 0.25) is 0 Å². The van der Waals surface area contributed by atoms with Crippen LogP contribution in [0.3, 0.4) is 0 Å². The molecule has 69 heavy (non-hydrogen) atoms. The Hall–Kier alpha value is -8.76. The fourth-order valence-electron chi connectivity index (χ4n) is 11.2. The first kappa shape index (κ1) is 40.5. The summed E-state index contributed by atoms with van der Waals surface area (Å²) in [6, 6.07) is 103. The average Bonchev–Trinajstić information content (AvgIpc) is 3.95. The average molecular weight is 895 g/mol. The smallest absolute Gasteiger partial charge is 0.179 e. The van der Waals surface area contributed by atoms with Crippen LogP contribution in [0.2, 0.25) is 0 Å². The third-order valence-electron chi connectivity index (χ3n) is 14.3. The van der Waals surface area contributed by atoms with Crippen LogP contribution in [0.4, 0.5) is 0 Å². The van der Waals surface area contributed by atoms with Gasteiger partial charge in [-0.15, -0.1) is 0 Å². The number of benzene rings is 11. The second-order valence-corrected chi connectivity index (χ2v) is 21.8. The zero-order valence-corrected chi connectivity index (χ0v) is 39.0. The summed E-state index contributed by atoms with van der Waals surface area (Å²) in [7, 11) is -2.85. The van der Waals surface area contributed by atoms with Crippen LogP contribution >= 0.6 is 0 Å². The van der Waals surface area contributed by atoms with Gasteiger partial charge in [-0.05, 0) is 103 Å². The molecule has 0 saturated heterocycles. The molecule has 13 aromatic rings. The Balaban J connectivity index is 1.01. The highest BCUT2D eigenvalue weighted by Crippen LogP contribution is 2.40. The maximum absolute atomic E-state index is 2.85. The molecule has 0 bridgehead atoms. The number of rotatable bonds is 9. The quantitative estimate of drug-likeness (QED) is 0.101. The van der Waals surface area contributed by atoms with Crippen LogP contribution in [0.1, 0.15) is 0 Å². The Kier molecular flexibility index (Phi) is 9.88. The normalized spacial score (nSPS) is 11.8. The van der Waals surface area contributed by atoms with Crippen molar-refractivity contribution >= 4 is 72.4 Å². The maximum atomic E-state index is 2.53. The molecule has 324 valence electrons. The van der Waals surface area contributed by atoms with Gasteiger partial charge in [0, 0.05) is 32.8 Å². The summed E-state index contributed by atoms with van der Waals surface area (Å²) in [5.41, 5.74) is 14.3. The topological polar surface area (TPSA) is 9.86 Å². The number of fused-ring (bicyclic) bond motifs is 6. The molecule has 0 amide bonds. The molecule has 0 N–H and O–H groups in total. The summed E-state index contributed by atoms with van der Waals surface area (Å²) in [5, 5.41) is 10.3. The van der Waals surface area contributed by atoms with Gasteiger partial charge in [-0.1, -0.05) is 224 Å². The Morgan fingerprint density at radius 2 is 0.623 bits per heavy atom. The molecule has 2 aromatic heterocycles. The van der Waals surface area contributed by atoms with Crippen LogP contribution in [0.15, 0.2) is 279 Å². The SMILES string of the molecule is c1ccc(-c2ccc(-n3c4ccccc4c4cc(-c5ccc6c(c5)c5ccccc5n6-c5cc([Si](c6ccccc6)(c6ccccc6)c6ccccc6)ccc5-c5ccccc5)ccc43)cc2)cc1. The fraction of sp³-hybridized carbons (Fsp3) is 0. The van der Waals surface area contributed by atoms with Gasteiger partial charge in [0.15, 0.2) is 8.07 Å². The molecule has 0 aliphatic carbocycles. The molecule has 0 atom stereocenters. The van der Waals surface area contributed by atoms with Gasteiger partial charge >= 0.3 is 0 Å². The van der Waals surface area contributed by atoms with Crippen LogP contribution in [-0.4, -0.2) is 17.2 Å². The number of hydrogen-bond donors (Lipinski definition) is 0. The predicted octanol–water partition coefficient (Wildman–Crippen LogP) is 14.3. The first-order valence-corrected chi connectivity index (χ1v) is 25.8. The minimum absolute atomic E-state index is 1.15. The van der Waals surface area contributed by atoms with Crippen molar-refractivity contribution in [3.8, 4) is 44.8 Å². The molecule has 2 heterocycles. The van der Waals surface area contributed by atoms with Gasteiger partial charge in [0.25, 0.3) is 0 Å². The van der Waals surface area contributed by atoms with E-state index >= 15 is 0 Å². The molecule has 0 spiro atoms. The molecule has 3 heteroatoms. The van der Waals surface area contributed by atoms with Crippen molar-refractivity contribution in [3.63, 3.8) is 0 Å². The van der Waals surface area contributed by atoms with E-state index in [2.05, 4.69) is 288 Å². The second-order valence-electron chi connectivity index (χ2n) is 18.0. The highest BCUT2D eigenvalue weighted by atomic mass is 28.3. The third kappa shape index (κ3) is 6.70. The lowest BCUT2D eigenvalue weighted by molar-refractivity contribution is 1.18. The molecule has 0 saturated carbocycles. The van der Waals surface area contributed by atoms with Crippen LogP contribution in [0, 0.1) is 0 Å². The highest BCUT2D eigenvalue weighted by molar-refractivity contribution is 7.19. The summed E-state index contributed by atoms with van der Waals surface area (Å²) >= 11 is 0. The maximum Gasteiger partial charge on any atom is 0.179 e.